The van der Waals surface area contributed by atoms with E-state index in [1.54, 1.807) is 0 Å². The number of nitrogen functional groups attached to an aromatic ring is 1. The Morgan fingerprint density at radius 2 is 2.13 bits per heavy atom. The van der Waals surface area contributed by atoms with Crippen molar-refractivity contribution in [3.8, 4) is 5.75 Å². The third kappa shape index (κ3) is 3.75. The highest BCUT2D eigenvalue weighted by atomic mass is 32.2. The maximum atomic E-state index is 13.1. The van der Waals surface area contributed by atoms with E-state index in [0.29, 0.717) is 0 Å². The number of sulfone groups is 1. The highest BCUT2D eigenvalue weighted by molar-refractivity contribution is 7.90. The first kappa shape index (κ1) is 11.8. The molecule has 6 heteroatoms. The van der Waals surface area contributed by atoms with Gasteiger partial charge in [0.2, 0.25) is 0 Å². The fraction of sp³-hybridized carbons (Fsp3) is 0.333. The number of ether oxygens (including phenoxy) is 1. The van der Waals surface area contributed by atoms with Crippen molar-refractivity contribution in [2.75, 3.05) is 24.3 Å². The number of para-hydroxylation sites is 1. The van der Waals surface area contributed by atoms with E-state index in [4.69, 9.17) is 10.5 Å². The molecule has 2 N–H and O–H groups in total. The van der Waals surface area contributed by atoms with Gasteiger partial charge >= 0.3 is 0 Å². The standard InChI is InChI=1S/C9H12FNO3S/c1-15(12,13)6-5-14-9-7(10)3-2-4-8(9)11/h2-4H,5-6,11H2,1H3. The zero-order valence-corrected chi connectivity index (χ0v) is 9.05. The van der Waals surface area contributed by atoms with Gasteiger partial charge in [-0.3, -0.25) is 0 Å². The van der Waals surface area contributed by atoms with Crippen molar-refractivity contribution in [2.24, 2.45) is 0 Å². The molecule has 4 nitrogen and oxygen atoms in total. The molecule has 0 fully saturated rings. The largest absolute Gasteiger partial charge is 0.487 e. The summed E-state index contributed by atoms with van der Waals surface area (Å²) >= 11 is 0. The fourth-order valence-corrected chi connectivity index (χ4v) is 1.36. The molecular weight excluding hydrogens is 221 g/mol. The number of halogens is 1. The molecule has 0 aliphatic rings. The van der Waals surface area contributed by atoms with E-state index in [0.717, 1.165) is 6.26 Å². The van der Waals surface area contributed by atoms with Crippen molar-refractivity contribution in [1.82, 2.24) is 0 Å². The zero-order chi connectivity index (χ0) is 11.5. The molecule has 0 aromatic heterocycles. The lowest BCUT2D eigenvalue weighted by atomic mass is 10.3. The Balaban J connectivity index is 2.66. The molecule has 0 atom stereocenters. The van der Waals surface area contributed by atoms with Crippen LogP contribution in [-0.2, 0) is 9.84 Å². The van der Waals surface area contributed by atoms with Gasteiger partial charge in [-0.2, -0.15) is 0 Å². The Kier molecular flexibility index (Phi) is 3.52. The van der Waals surface area contributed by atoms with Gasteiger partial charge < -0.3 is 10.5 Å². The minimum absolute atomic E-state index is 0.0962. The topological polar surface area (TPSA) is 69.4 Å². The Morgan fingerprint density at radius 3 is 2.67 bits per heavy atom. The minimum Gasteiger partial charge on any atom is -0.487 e. The molecule has 0 saturated carbocycles. The van der Waals surface area contributed by atoms with E-state index in [-0.39, 0.29) is 23.8 Å². The molecule has 15 heavy (non-hydrogen) atoms. The van der Waals surface area contributed by atoms with Gasteiger partial charge in [-0.05, 0) is 12.1 Å². The summed E-state index contributed by atoms with van der Waals surface area (Å²) in [5.41, 5.74) is 5.61. The minimum atomic E-state index is -3.11. The lowest BCUT2D eigenvalue weighted by molar-refractivity contribution is 0.324. The van der Waals surface area contributed by atoms with Crippen LogP contribution in [0.4, 0.5) is 10.1 Å². The van der Waals surface area contributed by atoms with Gasteiger partial charge in [0.25, 0.3) is 0 Å². The summed E-state index contributed by atoms with van der Waals surface area (Å²) < 4.78 is 39.7. The smallest absolute Gasteiger partial charge is 0.177 e. The van der Waals surface area contributed by atoms with Crippen LogP contribution in [0.5, 0.6) is 5.75 Å². The summed E-state index contributed by atoms with van der Waals surface area (Å²) in [4.78, 5) is 0. The monoisotopic (exact) mass is 233 g/mol. The van der Waals surface area contributed by atoms with Crippen molar-refractivity contribution < 1.29 is 17.5 Å². The first-order valence-corrected chi connectivity index (χ1v) is 6.31. The molecule has 84 valence electrons. The number of hydrogen-bond donors (Lipinski definition) is 1. The van der Waals surface area contributed by atoms with Crippen molar-refractivity contribution in [2.45, 2.75) is 0 Å². The quantitative estimate of drug-likeness (QED) is 0.782. The van der Waals surface area contributed by atoms with Crippen LogP contribution in [0.2, 0.25) is 0 Å². The van der Waals surface area contributed by atoms with Crippen LogP contribution in [-0.4, -0.2) is 27.0 Å². The molecule has 0 amide bonds. The first-order valence-electron chi connectivity index (χ1n) is 4.24. The van der Waals surface area contributed by atoms with Gasteiger partial charge in [0.1, 0.15) is 6.61 Å². The third-order valence-corrected chi connectivity index (χ3v) is 2.61. The van der Waals surface area contributed by atoms with Gasteiger partial charge in [0.05, 0.1) is 11.4 Å². The van der Waals surface area contributed by atoms with Crippen LogP contribution in [0.15, 0.2) is 18.2 Å². The first-order chi connectivity index (χ1) is 6.90. The molecule has 1 aromatic carbocycles. The molecule has 1 aromatic rings. The van der Waals surface area contributed by atoms with Gasteiger partial charge in [0.15, 0.2) is 21.4 Å². The number of rotatable bonds is 4. The average molecular weight is 233 g/mol. The summed E-state index contributed by atoms with van der Waals surface area (Å²) in [5.74, 6) is -0.856. The van der Waals surface area contributed by atoms with Gasteiger partial charge in [-0.15, -0.1) is 0 Å². The summed E-state index contributed by atoms with van der Waals surface area (Å²) in [5, 5.41) is 0. The Labute approximate surface area is 87.8 Å². The molecule has 0 aliphatic carbocycles. The van der Waals surface area contributed by atoms with Crippen LogP contribution >= 0.6 is 0 Å². The number of anilines is 1. The van der Waals surface area contributed by atoms with Crippen molar-refractivity contribution in [3.63, 3.8) is 0 Å². The van der Waals surface area contributed by atoms with E-state index in [2.05, 4.69) is 0 Å². The Hall–Kier alpha value is -1.30. The third-order valence-electron chi connectivity index (χ3n) is 1.70. The number of nitrogens with two attached hydrogens (primary N) is 1. The highest BCUT2D eigenvalue weighted by Gasteiger charge is 2.08. The molecule has 0 heterocycles. The SMILES string of the molecule is CS(=O)(=O)CCOc1c(N)cccc1F. The van der Waals surface area contributed by atoms with Crippen molar-refractivity contribution in [1.29, 1.82) is 0 Å². The second-order valence-corrected chi connectivity index (χ2v) is 5.40. The number of benzene rings is 1. The number of hydrogen-bond acceptors (Lipinski definition) is 4. The molecule has 0 aliphatic heterocycles. The van der Waals surface area contributed by atoms with Gasteiger partial charge in [-0.25, -0.2) is 12.8 Å². The van der Waals surface area contributed by atoms with E-state index >= 15 is 0 Å². The van der Waals surface area contributed by atoms with E-state index in [1.807, 2.05) is 0 Å². The normalized spacial score (nSPS) is 11.3. The summed E-state index contributed by atoms with van der Waals surface area (Å²) in [7, 11) is -3.11. The maximum Gasteiger partial charge on any atom is 0.177 e. The maximum absolute atomic E-state index is 13.1. The molecular formula is C9H12FNO3S. The van der Waals surface area contributed by atoms with Crippen LogP contribution in [0.3, 0.4) is 0 Å². The predicted molar refractivity (Wildman–Crippen MR) is 56.0 cm³/mol. The van der Waals surface area contributed by atoms with Crippen LogP contribution in [0, 0.1) is 5.82 Å². The van der Waals surface area contributed by atoms with Crippen molar-refractivity contribution >= 4 is 15.5 Å². The molecule has 0 spiro atoms. The Bertz CT molecular complexity index is 424. The molecule has 0 saturated heterocycles. The Morgan fingerprint density at radius 1 is 1.47 bits per heavy atom. The fourth-order valence-electron chi connectivity index (χ4n) is 0.973. The van der Waals surface area contributed by atoms with Crippen LogP contribution in [0.25, 0.3) is 0 Å². The molecule has 0 radical (unpaired) electrons. The van der Waals surface area contributed by atoms with E-state index in [1.165, 1.54) is 18.2 Å². The second-order valence-electron chi connectivity index (χ2n) is 3.14. The summed E-state index contributed by atoms with van der Waals surface area (Å²) in [6, 6.07) is 4.14. The predicted octanol–water partition coefficient (Wildman–Crippen LogP) is 0.831. The van der Waals surface area contributed by atoms with Crippen LogP contribution in [0.1, 0.15) is 0 Å². The van der Waals surface area contributed by atoms with Gasteiger partial charge in [0, 0.05) is 6.26 Å². The van der Waals surface area contributed by atoms with Crippen LogP contribution < -0.4 is 10.5 Å². The highest BCUT2D eigenvalue weighted by Crippen LogP contribution is 2.24. The summed E-state index contributed by atoms with van der Waals surface area (Å²) in [6.45, 7) is -0.107. The van der Waals surface area contributed by atoms with Crippen molar-refractivity contribution in [3.05, 3.63) is 24.0 Å². The lowest BCUT2D eigenvalue weighted by Crippen LogP contribution is -2.13. The average Bonchev–Trinajstić information content (AvgIpc) is 2.08. The van der Waals surface area contributed by atoms with Gasteiger partial charge in [-0.1, -0.05) is 6.07 Å². The van der Waals surface area contributed by atoms with E-state index in [9.17, 15) is 12.8 Å². The zero-order valence-electron chi connectivity index (χ0n) is 8.23. The lowest BCUT2D eigenvalue weighted by Gasteiger charge is -2.08. The molecule has 0 bridgehead atoms. The molecule has 1 rings (SSSR count). The molecule has 0 unspecified atom stereocenters. The summed E-state index contributed by atoms with van der Waals surface area (Å²) in [6.07, 6.45) is 1.08. The van der Waals surface area contributed by atoms with E-state index < -0.39 is 15.7 Å². The second kappa shape index (κ2) is 4.48.